The van der Waals surface area contributed by atoms with Gasteiger partial charge < -0.3 is 29.0 Å². The van der Waals surface area contributed by atoms with E-state index in [0.29, 0.717) is 29.6 Å². The van der Waals surface area contributed by atoms with Crippen molar-refractivity contribution >= 4 is 11.9 Å². The van der Waals surface area contributed by atoms with Crippen molar-refractivity contribution in [3.63, 3.8) is 0 Å². The van der Waals surface area contributed by atoms with E-state index in [0.717, 1.165) is 18.4 Å². The van der Waals surface area contributed by atoms with Gasteiger partial charge in [0.25, 0.3) is 5.91 Å². The quantitative estimate of drug-likeness (QED) is 0.455. The zero-order valence-corrected chi connectivity index (χ0v) is 17.9. The Bertz CT molecular complexity index is 928. The van der Waals surface area contributed by atoms with Crippen molar-refractivity contribution < 1.29 is 33.3 Å². The van der Waals surface area contributed by atoms with E-state index in [1.54, 1.807) is 18.2 Å². The number of esters is 1. The first kappa shape index (κ1) is 22.3. The summed E-state index contributed by atoms with van der Waals surface area (Å²) in [6, 6.07) is 9.95. The third-order valence-corrected chi connectivity index (χ3v) is 4.76. The lowest BCUT2D eigenvalue weighted by Crippen LogP contribution is -2.31. The van der Waals surface area contributed by atoms with Gasteiger partial charge >= 0.3 is 5.97 Å². The first-order chi connectivity index (χ1) is 15.0. The van der Waals surface area contributed by atoms with Crippen LogP contribution in [-0.2, 0) is 9.53 Å². The van der Waals surface area contributed by atoms with Crippen LogP contribution < -0.4 is 24.3 Å². The number of hydrogen-bond acceptors (Lipinski definition) is 7. The van der Waals surface area contributed by atoms with Crippen molar-refractivity contribution in [2.24, 2.45) is 0 Å². The highest BCUT2D eigenvalue weighted by Gasteiger charge is 2.18. The minimum Gasteiger partial charge on any atom is -0.493 e. The number of rotatable bonds is 10. The number of methoxy groups -OCH3 is 1. The summed E-state index contributed by atoms with van der Waals surface area (Å²) in [6.45, 7) is 4.26. The van der Waals surface area contributed by atoms with Gasteiger partial charge in [0.15, 0.2) is 29.6 Å². The third kappa shape index (κ3) is 5.81. The maximum atomic E-state index is 12.3. The van der Waals surface area contributed by atoms with E-state index < -0.39 is 18.5 Å². The molecule has 0 fully saturated rings. The van der Waals surface area contributed by atoms with Gasteiger partial charge in [0.05, 0.1) is 25.3 Å². The van der Waals surface area contributed by atoms with Crippen molar-refractivity contribution in [3.05, 3.63) is 47.5 Å². The molecule has 3 rings (SSSR count). The molecule has 0 aliphatic carbocycles. The van der Waals surface area contributed by atoms with Crippen LogP contribution in [0.4, 0.5) is 0 Å². The molecule has 0 saturated heterocycles. The fraction of sp³-hybridized carbons (Fsp3) is 0.391. The monoisotopic (exact) mass is 429 g/mol. The number of hydrogen-bond donors (Lipinski definition) is 1. The molecule has 2 aromatic carbocycles. The van der Waals surface area contributed by atoms with Crippen molar-refractivity contribution in [3.8, 4) is 23.0 Å². The Morgan fingerprint density at radius 2 is 1.90 bits per heavy atom. The molecular weight excluding hydrogens is 402 g/mol. The molecule has 166 valence electrons. The molecule has 8 nitrogen and oxygen atoms in total. The lowest BCUT2D eigenvalue weighted by Gasteiger charge is -2.15. The summed E-state index contributed by atoms with van der Waals surface area (Å²) < 4.78 is 26.7. The molecule has 1 unspecified atom stereocenters. The lowest BCUT2D eigenvalue weighted by molar-refractivity contribution is -0.124. The molecule has 0 bridgehead atoms. The third-order valence-electron chi connectivity index (χ3n) is 4.76. The first-order valence-corrected chi connectivity index (χ1v) is 10.2. The predicted octanol–water partition coefficient (Wildman–Crippen LogP) is 3.64. The van der Waals surface area contributed by atoms with E-state index in [-0.39, 0.29) is 18.4 Å². The van der Waals surface area contributed by atoms with E-state index in [2.05, 4.69) is 12.2 Å². The van der Waals surface area contributed by atoms with E-state index in [4.69, 9.17) is 23.7 Å². The molecule has 8 heteroatoms. The summed E-state index contributed by atoms with van der Waals surface area (Å²) in [5.74, 6) is 1.28. The summed E-state index contributed by atoms with van der Waals surface area (Å²) in [5.41, 5.74) is 1.13. The number of unbranched alkanes of at least 4 members (excludes halogenated alkanes) is 1. The van der Waals surface area contributed by atoms with Gasteiger partial charge in [0.1, 0.15) is 0 Å². The normalized spacial score (nSPS) is 12.7. The Labute approximate surface area is 181 Å². The van der Waals surface area contributed by atoms with Crippen LogP contribution in [0.15, 0.2) is 36.4 Å². The maximum absolute atomic E-state index is 12.3. The summed E-state index contributed by atoms with van der Waals surface area (Å²) in [5, 5.41) is 2.80. The van der Waals surface area contributed by atoms with Crippen LogP contribution in [0.3, 0.4) is 0 Å². The van der Waals surface area contributed by atoms with Gasteiger partial charge in [-0.25, -0.2) is 4.79 Å². The first-order valence-electron chi connectivity index (χ1n) is 10.2. The van der Waals surface area contributed by atoms with Gasteiger partial charge in [-0.1, -0.05) is 19.4 Å². The molecule has 1 aliphatic heterocycles. The zero-order chi connectivity index (χ0) is 22.2. The van der Waals surface area contributed by atoms with E-state index in [1.165, 1.54) is 13.2 Å². The van der Waals surface area contributed by atoms with Gasteiger partial charge in [-0.15, -0.1) is 0 Å². The second-order valence-corrected chi connectivity index (χ2v) is 7.05. The number of ether oxygens (including phenoxy) is 5. The van der Waals surface area contributed by atoms with E-state index in [9.17, 15) is 9.59 Å². The fourth-order valence-electron chi connectivity index (χ4n) is 3.00. The Balaban J connectivity index is 1.52. The fourth-order valence-corrected chi connectivity index (χ4v) is 3.00. The molecule has 1 atom stereocenters. The highest BCUT2D eigenvalue weighted by molar-refractivity contribution is 5.92. The van der Waals surface area contributed by atoms with Gasteiger partial charge in [-0.3, -0.25) is 4.79 Å². The number of benzene rings is 2. The Kier molecular flexibility index (Phi) is 7.59. The van der Waals surface area contributed by atoms with Crippen molar-refractivity contribution in [1.82, 2.24) is 5.32 Å². The van der Waals surface area contributed by atoms with E-state index in [1.807, 2.05) is 19.1 Å². The molecule has 0 saturated carbocycles. The van der Waals surface area contributed by atoms with Gasteiger partial charge in [0, 0.05) is 0 Å². The second-order valence-electron chi connectivity index (χ2n) is 7.05. The Morgan fingerprint density at radius 1 is 1.10 bits per heavy atom. The largest absolute Gasteiger partial charge is 0.493 e. The van der Waals surface area contributed by atoms with Crippen LogP contribution in [0, 0.1) is 0 Å². The topological polar surface area (TPSA) is 92.3 Å². The minimum absolute atomic E-state index is 0.187. The molecule has 31 heavy (non-hydrogen) atoms. The molecule has 1 aliphatic rings. The standard InChI is InChI=1S/C23H27NO7/c1-4-5-10-28-18-9-7-17(12-20(18)27-3)23(26)29-13-22(25)24-15(2)16-6-8-19-21(11-16)31-14-30-19/h6-9,11-12,15H,4-5,10,13-14H2,1-3H3,(H,24,25). The van der Waals surface area contributed by atoms with Crippen molar-refractivity contribution in [1.29, 1.82) is 0 Å². The van der Waals surface area contributed by atoms with Crippen LogP contribution in [0.25, 0.3) is 0 Å². The molecule has 0 radical (unpaired) electrons. The zero-order valence-electron chi connectivity index (χ0n) is 17.9. The number of amides is 1. The van der Waals surface area contributed by atoms with Gasteiger partial charge in [-0.2, -0.15) is 0 Å². The number of carbonyl (C=O) groups is 2. The highest BCUT2D eigenvalue weighted by Crippen LogP contribution is 2.34. The van der Waals surface area contributed by atoms with Crippen LogP contribution in [0.2, 0.25) is 0 Å². The minimum atomic E-state index is -0.621. The predicted molar refractivity (Wildman–Crippen MR) is 113 cm³/mol. The number of carbonyl (C=O) groups excluding carboxylic acids is 2. The van der Waals surface area contributed by atoms with Crippen LogP contribution >= 0.6 is 0 Å². The SMILES string of the molecule is CCCCOc1ccc(C(=O)OCC(=O)NC(C)c2ccc3c(c2)OCO3)cc1OC. The number of fused-ring (bicyclic) bond motifs is 1. The molecule has 2 aromatic rings. The molecule has 1 heterocycles. The van der Waals surface area contributed by atoms with Gasteiger partial charge in [-0.05, 0) is 49.2 Å². The number of nitrogens with one attached hydrogen (secondary N) is 1. The summed E-state index contributed by atoms with van der Waals surface area (Å²) in [4.78, 5) is 24.6. The van der Waals surface area contributed by atoms with Gasteiger partial charge in [0.2, 0.25) is 6.79 Å². The highest BCUT2D eigenvalue weighted by atomic mass is 16.7. The molecular formula is C23H27NO7. The smallest absolute Gasteiger partial charge is 0.338 e. The maximum Gasteiger partial charge on any atom is 0.338 e. The summed E-state index contributed by atoms with van der Waals surface area (Å²) in [6.07, 6.45) is 1.94. The average molecular weight is 429 g/mol. The molecule has 1 amide bonds. The second kappa shape index (κ2) is 10.6. The van der Waals surface area contributed by atoms with Crippen LogP contribution in [0.5, 0.6) is 23.0 Å². The van der Waals surface area contributed by atoms with Crippen LogP contribution in [-0.4, -0.2) is 39.0 Å². The Hall–Kier alpha value is -3.42. The average Bonchev–Trinajstić information content (AvgIpc) is 3.25. The summed E-state index contributed by atoms with van der Waals surface area (Å²) >= 11 is 0. The summed E-state index contributed by atoms with van der Waals surface area (Å²) in [7, 11) is 1.50. The molecule has 0 aromatic heterocycles. The molecule has 1 N–H and O–H groups in total. The lowest BCUT2D eigenvalue weighted by atomic mass is 10.1. The van der Waals surface area contributed by atoms with Crippen molar-refractivity contribution in [2.75, 3.05) is 27.1 Å². The van der Waals surface area contributed by atoms with Crippen molar-refractivity contribution in [2.45, 2.75) is 32.7 Å². The Morgan fingerprint density at radius 3 is 2.68 bits per heavy atom. The van der Waals surface area contributed by atoms with Crippen LogP contribution in [0.1, 0.15) is 48.7 Å². The van der Waals surface area contributed by atoms with E-state index >= 15 is 0 Å². The molecule has 0 spiro atoms.